The molecule has 0 fully saturated rings. The Balaban J connectivity index is 2.25. The van der Waals surface area contributed by atoms with Crippen molar-refractivity contribution in [2.24, 2.45) is 0 Å². The third-order valence-corrected chi connectivity index (χ3v) is 4.22. The van der Waals surface area contributed by atoms with Gasteiger partial charge in [-0.15, -0.1) is 0 Å². The number of anilines is 1. The molecule has 27 heavy (non-hydrogen) atoms. The summed E-state index contributed by atoms with van der Waals surface area (Å²) in [6, 6.07) is 12.3. The van der Waals surface area contributed by atoms with Gasteiger partial charge in [0.15, 0.2) is 0 Å². The second-order valence-corrected chi connectivity index (χ2v) is 6.13. The normalized spacial score (nSPS) is 11.6. The number of benzene rings is 2. The molecule has 8 heteroatoms. The second-order valence-electron chi connectivity index (χ2n) is 5.69. The van der Waals surface area contributed by atoms with Gasteiger partial charge < -0.3 is 9.32 Å². The van der Waals surface area contributed by atoms with E-state index in [9.17, 15) is 22.8 Å². The fourth-order valence-corrected chi connectivity index (χ4v) is 2.95. The van der Waals surface area contributed by atoms with Crippen LogP contribution in [0.5, 0.6) is 0 Å². The lowest BCUT2D eigenvalue weighted by atomic mass is 10.0. The average molecular weight is 396 g/mol. The fraction of sp³-hybridized carbons (Fsp3) is 0.158. The third-order valence-electron chi connectivity index (χ3n) is 3.99. The number of nitrogens with zero attached hydrogens (tertiary/aromatic N) is 1. The maximum Gasteiger partial charge on any atom is 0.471 e. The highest BCUT2D eigenvalue weighted by molar-refractivity contribution is 6.31. The van der Waals surface area contributed by atoms with Crippen molar-refractivity contribution in [2.45, 2.75) is 13.1 Å². The molecule has 0 aliphatic carbocycles. The monoisotopic (exact) mass is 395 g/mol. The van der Waals surface area contributed by atoms with E-state index in [2.05, 4.69) is 0 Å². The number of halogens is 4. The van der Waals surface area contributed by atoms with Crippen molar-refractivity contribution in [1.29, 1.82) is 0 Å². The molecule has 0 bridgehead atoms. The number of carbonyl (C=O) groups is 1. The van der Waals surface area contributed by atoms with Gasteiger partial charge in [0, 0.05) is 22.5 Å². The van der Waals surface area contributed by atoms with Crippen LogP contribution >= 0.6 is 11.6 Å². The standard InChI is InChI=1S/C19H13ClF3NO3/c1-2-24(18(26)19(21,22)23)15-10-12(20)7-8-13(15)14-9-11-5-3-4-6-16(11)27-17(14)25/h3-10H,2H2,1H3. The first kappa shape index (κ1) is 19.0. The van der Waals surface area contributed by atoms with Gasteiger partial charge in [0.1, 0.15) is 5.58 Å². The first-order valence-corrected chi connectivity index (χ1v) is 8.31. The Morgan fingerprint density at radius 3 is 2.48 bits per heavy atom. The molecular weight excluding hydrogens is 383 g/mol. The topological polar surface area (TPSA) is 50.5 Å². The zero-order chi connectivity index (χ0) is 19.8. The number of para-hydroxylation sites is 1. The Hall–Kier alpha value is -2.80. The van der Waals surface area contributed by atoms with Crippen molar-refractivity contribution in [3.05, 3.63) is 64.0 Å². The number of alkyl halides is 3. The van der Waals surface area contributed by atoms with E-state index >= 15 is 0 Å². The van der Waals surface area contributed by atoms with E-state index in [0.29, 0.717) is 15.9 Å². The van der Waals surface area contributed by atoms with Crippen LogP contribution in [0.3, 0.4) is 0 Å². The molecule has 1 aromatic heterocycles. The Kier molecular flexibility index (Phi) is 4.97. The molecule has 0 unspecified atom stereocenters. The number of carbonyl (C=O) groups excluding carboxylic acids is 1. The maximum atomic E-state index is 13.0. The van der Waals surface area contributed by atoms with Crippen LogP contribution in [-0.4, -0.2) is 18.6 Å². The van der Waals surface area contributed by atoms with Crippen molar-refractivity contribution < 1.29 is 22.4 Å². The van der Waals surface area contributed by atoms with E-state index < -0.39 is 17.7 Å². The van der Waals surface area contributed by atoms with E-state index in [-0.39, 0.29) is 28.4 Å². The van der Waals surface area contributed by atoms with Gasteiger partial charge in [-0.25, -0.2) is 4.79 Å². The van der Waals surface area contributed by atoms with Crippen LogP contribution < -0.4 is 10.5 Å². The number of fused-ring (bicyclic) bond motifs is 1. The van der Waals surface area contributed by atoms with Crippen LogP contribution in [0, 0.1) is 0 Å². The molecule has 2 aromatic carbocycles. The number of hydrogen-bond donors (Lipinski definition) is 0. The van der Waals surface area contributed by atoms with Crippen LogP contribution in [-0.2, 0) is 4.79 Å². The molecule has 0 spiro atoms. The summed E-state index contributed by atoms with van der Waals surface area (Å²) in [5.74, 6) is -2.04. The Morgan fingerprint density at radius 2 is 1.81 bits per heavy atom. The first-order chi connectivity index (χ1) is 12.7. The van der Waals surface area contributed by atoms with Gasteiger partial charge in [-0.05, 0) is 31.2 Å². The largest absolute Gasteiger partial charge is 0.471 e. The minimum absolute atomic E-state index is 0.0359. The van der Waals surface area contributed by atoms with Crippen molar-refractivity contribution >= 4 is 34.2 Å². The molecule has 0 saturated heterocycles. The third kappa shape index (κ3) is 3.68. The molecule has 0 aliphatic rings. The molecule has 0 N–H and O–H groups in total. The van der Waals surface area contributed by atoms with Crippen molar-refractivity contribution in [3.8, 4) is 11.1 Å². The Bertz CT molecular complexity index is 1080. The van der Waals surface area contributed by atoms with Crippen molar-refractivity contribution in [1.82, 2.24) is 0 Å². The molecular formula is C19H13ClF3NO3. The molecule has 0 atom stereocenters. The van der Waals surface area contributed by atoms with Crippen LogP contribution in [0.25, 0.3) is 22.1 Å². The molecule has 0 saturated carbocycles. The zero-order valence-electron chi connectivity index (χ0n) is 14.0. The quantitative estimate of drug-likeness (QED) is 0.584. The van der Waals surface area contributed by atoms with Gasteiger partial charge in [0.25, 0.3) is 0 Å². The van der Waals surface area contributed by atoms with E-state index in [1.807, 2.05) is 0 Å². The van der Waals surface area contributed by atoms with Crippen LogP contribution in [0.15, 0.2) is 57.7 Å². The average Bonchev–Trinajstić information content (AvgIpc) is 2.61. The lowest BCUT2D eigenvalue weighted by Crippen LogP contribution is -2.41. The van der Waals surface area contributed by atoms with Crippen LogP contribution in [0.4, 0.5) is 18.9 Å². The summed E-state index contributed by atoms with van der Waals surface area (Å²) in [6.45, 7) is 1.14. The van der Waals surface area contributed by atoms with Gasteiger partial charge >= 0.3 is 17.7 Å². The number of amides is 1. The van der Waals surface area contributed by atoms with Gasteiger partial charge in [0.05, 0.1) is 11.3 Å². The first-order valence-electron chi connectivity index (χ1n) is 7.94. The van der Waals surface area contributed by atoms with Gasteiger partial charge in [0.2, 0.25) is 0 Å². The van der Waals surface area contributed by atoms with Crippen LogP contribution in [0.2, 0.25) is 5.02 Å². The van der Waals surface area contributed by atoms with Gasteiger partial charge in [-0.3, -0.25) is 4.79 Å². The van der Waals surface area contributed by atoms with E-state index in [0.717, 1.165) is 0 Å². The highest BCUT2D eigenvalue weighted by atomic mass is 35.5. The summed E-state index contributed by atoms with van der Waals surface area (Å²) in [5.41, 5.74) is -0.338. The summed E-state index contributed by atoms with van der Waals surface area (Å²) < 4.78 is 44.2. The fourth-order valence-electron chi connectivity index (χ4n) is 2.78. The lowest BCUT2D eigenvalue weighted by molar-refractivity contribution is -0.170. The van der Waals surface area contributed by atoms with Crippen molar-refractivity contribution in [3.63, 3.8) is 0 Å². The predicted molar refractivity (Wildman–Crippen MR) is 97.0 cm³/mol. The minimum atomic E-state index is -5.07. The molecule has 4 nitrogen and oxygen atoms in total. The smallest absolute Gasteiger partial charge is 0.422 e. The maximum absolute atomic E-state index is 13.0. The number of rotatable bonds is 3. The van der Waals surface area contributed by atoms with E-state index in [1.54, 1.807) is 24.3 Å². The summed E-state index contributed by atoms with van der Waals surface area (Å²) >= 11 is 5.94. The Morgan fingerprint density at radius 1 is 1.11 bits per heavy atom. The highest BCUT2D eigenvalue weighted by Gasteiger charge is 2.43. The van der Waals surface area contributed by atoms with Crippen LogP contribution in [0.1, 0.15) is 6.92 Å². The second kappa shape index (κ2) is 7.08. The molecule has 1 heterocycles. The molecule has 140 valence electrons. The molecule has 0 aliphatic heterocycles. The minimum Gasteiger partial charge on any atom is -0.422 e. The molecule has 1 amide bonds. The zero-order valence-corrected chi connectivity index (χ0v) is 14.8. The Labute approximate surface area is 156 Å². The molecule has 0 radical (unpaired) electrons. The molecule has 3 rings (SSSR count). The van der Waals surface area contributed by atoms with E-state index in [1.165, 1.54) is 31.2 Å². The van der Waals surface area contributed by atoms with Crippen molar-refractivity contribution in [2.75, 3.05) is 11.4 Å². The SMILES string of the molecule is CCN(C(=O)C(F)(F)F)c1cc(Cl)ccc1-c1cc2ccccc2oc1=O. The van der Waals surface area contributed by atoms with E-state index in [4.69, 9.17) is 16.0 Å². The van der Waals surface area contributed by atoms with Gasteiger partial charge in [-0.2, -0.15) is 13.2 Å². The number of hydrogen-bond acceptors (Lipinski definition) is 3. The predicted octanol–water partition coefficient (Wildman–Crippen LogP) is 5.03. The molecule has 3 aromatic rings. The highest BCUT2D eigenvalue weighted by Crippen LogP contribution is 2.35. The summed E-state index contributed by atoms with van der Waals surface area (Å²) in [5, 5.41) is 0.727. The summed E-state index contributed by atoms with van der Waals surface area (Å²) in [7, 11) is 0. The lowest BCUT2D eigenvalue weighted by Gasteiger charge is -2.25. The summed E-state index contributed by atoms with van der Waals surface area (Å²) in [6.07, 6.45) is -5.07. The van der Waals surface area contributed by atoms with Gasteiger partial charge in [-0.1, -0.05) is 35.9 Å². The summed E-state index contributed by atoms with van der Waals surface area (Å²) in [4.78, 5) is 24.8.